The van der Waals surface area contributed by atoms with Crippen molar-refractivity contribution < 1.29 is 19.0 Å². The summed E-state index contributed by atoms with van der Waals surface area (Å²) in [6.45, 7) is 26.5. The number of benzene rings is 1. The number of carbonyl (C=O) groups is 1. The molecule has 1 fully saturated rings. The molecule has 3 atom stereocenters. The Morgan fingerprint density at radius 3 is 2.49 bits per heavy atom. The van der Waals surface area contributed by atoms with E-state index in [1.54, 1.807) is 11.8 Å². The monoisotopic (exact) mass is 559 g/mol. The van der Waals surface area contributed by atoms with Crippen LogP contribution in [-0.4, -0.2) is 36.1 Å². The quantitative estimate of drug-likeness (QED) is 0.204. The molecule has 1 N–H and O–H groups in total. The largest absolute Gasteiger partial charge is 0.483 e. The van der Waals surface area contributed by atoms with E-state index in [-0.39, 0.29) is 6.47 Å². The van der Waals surface area contributed by atoms with Crippen LogP contribution in [0, 0.1) is 23.2 Å². The zero-order valence-corrected chi connectivity index (χ0v) is 26.0. The van der Waals surface area contributed by atoms with Gasteiger partial charge in [0.2, 0.25) is 0 Å². The first-order chi connectivity index (χ1) is 18.4. The summed E-state index contributed by atoms with van der Waals surface area (Å²) < 4.78 is 19.1. The minimum Gasteiger partial charge on any atom is -0.483 e. The van der Waals surface area contributed by atoms with Crippen molar-refractivity contribution in [3.8, 4) is 5.75 Å². The Bertz CT molecular complexity index is 995. The number of ether oxygens (including phenoxy) is 1. The predicted molar refractivity (Wildman–Crippen MR) is 167 cm³/mol. The van der Waals surface area contributed by atoms with Crippen LogP contribution in [0.2, 0.25) is 0 Å². The van der Waals surface area contributed by atoms with Crippen molar-refractivity contribution in [3.63, 3.8) is 0 Å². The molecular formula is C33H50FNO3S. The number of hydrogen-bond donors (Lipinski definition) is 1. The highest BCUT2D eigenvalue weighted by atomic mass is 32.2. The summed E-state index contributed by atoms with van der Waals surface area (Å²) in [5, 5.41) is 6.89. The highest BCUT2D eigenvalue weighted by Crippen LogP contribution is 2.41. The van der Waals surface area contributed by atoms with Gasteiger partial charge in [0, 0.05) is 35.0 Å². The number of hydrogen-bond acceptors (Lipinski definition) is 4. The van der Waals surface area contributed by atoms with Crippen LogP contribution in [-0.2, 0) is 4.79 Å². The Balaban J connectivity index is 0.00000242. The van der Waals surface area contributed by atoms with E-state index in [0.29, 0.717) is 23.0 Å². The van der Waals surface area contributed by atoms with E-state index >= 15 is 0 Å². The summed E-state index contributed by atoms with van der Waals surface area (Å²) in [5.41, 5.74) is 2.06. The standard InChI is InChI=1S/C32H48FNOS.CH2O2/c1-10-13-26-15-16-30(31(19-26)35-25(6)33)24(5)36-29(17-23(4)12-3)22-34-20-27(14-11-2)18-28(21-34)32(7,8)9;2-1-3/h10,13,15-17,19,23,27-28H,5-6,11-12,14,18,20-22H2,1-4,7-9H3;1H,(H,2,3)/b13-10?,29-17-;. The number of likely N-dealkylation sites (tertiary alicyclic amines) is 1. The smallest absolute Gasteiger partial charge is 0.290 e. The summed E-state index contributed by atoms with van der Waals surface area (Å²) >= 11 is 1.69. The Morgan fingerprint density at radius 1 is 1.28 bits per heavy atom. The molecule has 0 aliphatic carbocycles. The summed E-state index contributed by atoms with van der Waals surface area (Å²) in [7, 11) is 0. The second-order valence-electron chi connectivity index (χ2n) is 11.5. The van der Waals surface area contributed by atoms with Crippen molar-refractivity contribution in [1.82, 2.24) is 4.90 Å². The first-order valence-corrected chi connectivity index (χ1v) is 14.9. The van der Waals surface area contributed by atoms with Gasteiger partial charge in [-0.2, -0.15) is 4.39 Å². The summed E-state index contributed by atoms with van der Waals surface area (Å²) in [6.07, 6.45) is 11.3. The summed E-state index contributed by atoms with van der Waals surface area (Å²) in [4.78, 5) is 13.2. The van der Waals surface area contributed by atoms with Crippen LogP contribution in [0.1, 0.15) is 85.3 Å². The minimum atomic E-state index is -0.814. The van der Waals surface area contributed by atoms with Gasteiger partial charge < -0.3 is 9.84 Å². The lowest BCUT2D eigenvalue weighted by Crippen LogP contribution is -2.45. The van der Waals surface area contributed by atoms with Crippen LogP contribution in [0.25, 0.3) is 11.0 Å². The molecule has 0 bridgehead atoms. The molecule has 4 nitrogen and oxygen atoms in total. The molecule has 1 aliphatic heterocycles. The summed E-state index contributed by atoms with van der Waals surface area (Å²) in [5.74, 6) is 2.37. The topological polar surface area (TPSA) is 49.8 Å². The lowest BCUT2D eigenvalue weighted by molar-refractivity contribution is -0.122. The van der Waals surface area contributed by atoms with Crippen LogP contribution in [0.4, 0.5) is 4.39 Å². The van der Waals surface area contributed by atoms with E-state index in [0.717, 1.165) is 48.0 Å². The third-order valence-corrected chi connectivity index (χ3v) is 8.16. The van der Waals surface area contributed by atoms with Gasteiger partial charge >= 0.3 is 0 Å². The second kappa shape index (κ2) is 17.4. The normalized spacial score (nSPS) is 19.2. The number of carboxylic acid groups (broad SMARTS) is 1. The van der Waals surface area contributed by atoms with Gasteiger partial charge in [-0.05, 0) is 67.2 Å². The van der Waals surface area contributed by atoms with Gasteiger partial charge in [0.1, 0.15) is 5.75 Å². The zero-order chi connectivity index (χ0) is 29.6. The van der Waals surface area contributed by atoms with Gasteiger partial charge in [0.25, 0.3) is 12.5 Å². The number of piperidine rings is 1. The zero-order valence-electron chi connectivity index (χ0n) is 25.1. The molecule has 0 amide bonds. The maximum absolute atomic E-state index is 13.7. The molecular weight excluding hydrogens is 509 g/mol. The maximum atomic E-state index is 13.7. The van der Waals surface area contributed by atoms with Crippen LogP contribution in [0.15, 0.2) is 54.4 Å². The van der Waals surface area contributed by atoms with Crippen LogP contribution in [0.5, 0.6) is 5.75 Å². The number of rotatable bonds is 12. The molecule has 39 heavy (non-hydrogen) atoms. The van der Waals surface area contributed by atoms with E-state index in [2.05, 4.69) is 65.7 Å². The van der Waals surface area contributed by atoms with E-state index < -0.39 is 6.01 Å². The first-order valence-electron chi connectivity index (χ1n) is 14.0. The van der Waals surface area contributed by atoms with Crippen molar-refractivity contribution in [1.29, 1.82) is 0 Å². The highest BCUT2D eigenvalue weighted by molar-refractivity contribution is 8.11. The molecule has 1 aromatic carbocycles. The molecule has 1 saturated heterocycles. The van der Waals surface area contributed by atoms with Crippen molar-refractivity contribution in [2.75, 3.05) is 19.6 Å². The van der Waals surface area contributed by atoms with Gasteiger partial charge in [-0.1, -0.05) is 97.0 Å². The SMILES string of the molecule is C=C(F)Oc1cc(C=CC)ccc1C(=C)S/C(=C\C(C)CC)CN1CC(CCC)CC(C(C)(C)C)C1.O=CO. The Hall–Kier alpha value is -2.31. The average Bonchev–Trinajstić information content (AvgIpc) is 2.84. The van der Waals surface area contributed by atoms with Gasteiger partial charge in [-0.3, -0.25) is 9.69 Å². The van der Waals surface area contributed by atoms with E-state index in [4.69, 9.17) is 14.6 Å². The third-order valence-electron chi connectivity index (χ3n) is 7.17. The fourth-order valence-electron chi connectivity index (χ4n) is 4.93. The molecule has 1 heterocycles. The second-order valence-corrected chi connectivity index (χ2v) is 12.7. The maximum Gasteiger partial charge on any atom is 0.290 e. The van der Waals surface area contributed by atoms with Crippen LogP contribution >= 0.6 is 11.8 Å². The molecule has 0 radical (unpaired) electrons. The lowest BCUT2D eigenvalue weighted by Gasteiger charge is -2.43. The molecule has 0 saturated carbocycles. The first kappa shape index (κ1) is 34.7. The number of allylic oxidation sites excluding steroid dienone is 2. The fraction of sp³-hybridized carbons (Fsp3) is 0.545. The van der Waals surface area contributed by atoms with Crippen molar-refractivity contribution in [2.45, 2.75) is 74.1 Å². The summed E-state index contributed by atoms with van der Waals surface area (Å²) in [6, 6.07) is 5.02. The van der Waals surface area contributed by atoms with Crippen LogP contribution < -0.4 is 4.74 Å². The van der Waals surface area contributed by atoms with Gasteiger partial charge in [-0.15, -0.1) is 0 Å². The van der Waals surface area contributed by atoms with E-state index in [9.17, 15) is 4.39 Å². The molecule has 1 aromatic rings. The molecule has 6 heteroatoms. The average molecular weight is 560 g/mol. The third kappa shape index (κ3) is 12.6. The molecule has 2 rings (SSSR count). The van der Waals surface area contributed by atoms with E-state index in [1.807, 2.05) is 37.3 Å². The lowest BCUT2D eigenvalue weighted by atomic mass is 9.72. The van der Waals surface area contributed by atoms with Gasteiger partial charge in [-0.25, -0.2) is 0 Å². The molecule has 3 unspecified atom stereocenters. The minimum absolute atomic E-state index is 0.250. The Kier molecular flexibility index (Phi) is 15.5. The van der Waals surface area contributed by atoms with Gasteiger partial charge in [0.15, 0.2) is 0 Å². The number of thioether (sulfide) groups is 1. The molecule has 1 aliphatic rings. The van der Waals surface area contributed by atoms with E-state index in [1.165, 1.54) is 24.2 Å². The number of nitrogens with zero attached hydrogens (tertiary/aromatic N) is 1. The predicted octanol–water partition coefficient (Wildman–Crippen LogP) is 9.66. The van der Waals surface area contributed by atoms with Crippen molar-refractivity contribution >= 4 is 29.2 Å². The molecule has 0 aromatic heterocycles. The molecule has 218 valence electrons. The number of halogens is 1. The Morgan fingerprint density at radius 2 is 1.95 bits per heavy atom. The van der Waals surface area contributed by atoms with Gasteiger partial charge in [0.05, 0.1) is 0 Å². The van der Waals surface area contributed by atoms with Crippen molar-refractivity contribution in [3.05, 3.63) is 65.6 Å². The highest BCUT2D eigenvalue weighted by Gasteiger charge is 2.34. The Labute approximate surface area is 241 Å². The fourth-order valence-corrected chi connectivity index (χ4v) is 6.08. The van der Waals surface area contributed by atoms with Crippen molar-refractivity contribution in [2.24, 2.45) is 23.2 Å². The molecule has 0 spiro atoms. The van der Waals surface area contributed by atoms with Crippen LogP contribution in [0.3, 0.4) is 0 Å².